The first-order valence-corrected chi connectivity index (χ1v) is 6.81. The lowest BCUT2D eigenvalue weighted by atomic mass is 10.3. The molecule has 0 spiro atoms. The van der Waals surface area contributed by atoms with E-state index < -0.39 is 0 Å². The number of nitrogens with zero attached hydrogens (tertiary/aromatic N) is 2. The van der Waals surface area contributed by atoms with Gasteiger partial charge in [-0.25, -0.2) is 4.98 Å². The predicted octanol–water partition coefficient (Wildman–Crippen LogP) is 4.92. The average Bonchev–Trinajstić information content (AvgIpc) is 2.93. The maximum atomic E-state index is 6.18. The standard InChI is InChI=1S/C15H11Cl2N3/c16-12-7-4-8-13(14(12)17)19-15-18-9-10-20(15)11-5-2-1-3-6-11/h1-10H,(H,18,19). The number of nitrogens with one attached hydrogen (secondary N) is 1. The maximum absolute atomic E-state index is 6.18. The molecule has 0 saturated carbocycles. The minimum Gasteiger partial charge on any atom is -0.324 e. The van der Waals surface area contributed by atoms with Gasteiger partial charge in [-0.3, -0.25) is 4.57 Å². The fourth-order valence-corrected chi connectivity index (χ4v) is 2.26. The zero-order valence-corrected chi connectivity index (χ0v) is 11.9. The molecular weight excluding hydrogens is 293 g/mol. The van der Waals surface area contributed by atoms with Crippen molar-refractivity contribution in [2.24, 2.45) is 0 Å². The Morgan fingerprint density at radius 2 is 1.75 bits per heavy atom. The number of benzene rings is 2. The average molecular weight is 304 g/mol. The molecule has 3 rings (SSSR count). The van der Waals surface area contributed by atoms with Crippen molar-refractivity contribution in [2.75, 3.05) is 5.32 Å². The number of rotatable bonds is 3. The number of anilines is 2. The number of hydrogen-bond acceptors (Lipinski definition) is 2. The van der Waals surface area contributed by atoms with Crippen LogP contribution in [0.5, 0.6) is 0 Å². The third-order valence-electron chi connectivity index (χ3n) is 2.87. The fraction of sp³-hybridized carbons (Fsp3) is 0. The van der Waals surface area contributed by atoms with Crippen LogP contribution in [0.2, 0.25) is 10.0 Å². The smallest absolute Gasteiger partial charge is 0.212 e. The molecule has 0 bridgehead atoms. The lowest BCUT2D eigenvalue weighted by molar-refractivity contribution is 1.06. The van der Waals surface area contributed by atoms with Gasteiger partial charge < -0.3 is 5.32 Å². The molecule has 0 amide bonds. The maximum Gasteiger partial charge on any atom is 0.212 e. The van der Waals surface area contributed by atoms with Crippen molar-refractivity contribution < 1.29 is 0 Å². The number of hydrogen-bond donors (Lipinski definition) is 1. The topological polar surface area (TPSA) is 29.9 Å². The van der Waals surface area contributed by atoms with Gasteiger partial charge in [0.15, 0.2) is 0 Å². The summed E-state index contributed by atoms with van der Waals surface area (Å²) in [4.78, 5) is 4.31. The predicted molar refractivity (Wildman–Crippen MR) is 83.3 cm³/mol. The second-order valence-corrected chi connectivity index (χ2v) is 4.97. The van der Waals surface area contributed by atoms with Crippen molar-refractivity contribution in [3.05, 3.63) is 71.0 Å². The summed E-state index contributed by atoms with van der Waals surface area (Å²) in [6, 6.07) is 15.4. The summed E-state index contributed by atoms with van der Waals surface area (Å²) < 4.78 is 1.94. The van der Waals surface area contributed by atoms with Crippen molar-refractivity contribution in [3.63, 3.8) is 0 Å². The van der Waals surface area contributed by atoms with E-state index in [2.05, 4.69) is 10.3 Å². The minimum absolute atomic E-state index is 0.483. The Kier molecular flexibility index (Phi) is 3.63. The van der Waals surface area contributed by atoms with Crippen LogP contribution in [0.1, 0.15) is 0 Å². The normalized spacial score (nSPS) is 10.5. The first-order chi connectivity index (χ1) is 9.75. The molecule has 20 heavy (non-hydrogen) atoms. The Bertz CT molecular complexity index is 723. The van der Waals surface area contributed by atoms with Gasteiger partial charge in [0.1, 0.15) is 0 Å². The third-order valence-corrected chi connectivity index (χ3v) is 3.69. The third kappa shape index (κ3) is 2.50. The van der Waals surface area contributed by atoms with Gasteiger partial charge in [0.2, 0.25) is 5.95 Å². The van der Waals surface area contributed by atoms with Crippen LogP contribution in [0.15, 0.2) is 60.9 Å². The Hall–Kier alpha value is -1.97. The van der Waals surface area contributed by atoms with Crippen LogP contribution in [0.25, 0.3) is 5.69 Å². The number of aromatic nitrogens is 2. The van der Waals surface area contributed by atoms with Crippen molar-refractivity contribution in [2.45, 2.75) is 0 Å². The second-order valence-electron chi connectivity index (χ2n) is 4.18. The molecule has 100 valence electrons. The molecule has 0 aliphatic heterocycles. The van der Waals surface area contributed by atoms with E-state index in [4.69, 9.17) is 23.2 Å². The molecule has 3 nitrogen and oxygen atoms in total. The highest BCUT2D eigenvalue weighted by Gasteiger charge is 2.09. The summed E-state index contributed by atoms with van der Waals surface area (Å²) in [5, 5.41) is 4.19. The molecule has 2 aromatic carbocycles. The van der Waals surface area contributed by atoms with Crippen LogP contribution in [0, 0.1) is 0 Å². The highest BCUT2D eigenvalue weighted by molar-refractivity contribution is 6.43. The summed E-state index contributed by atoms with van der Waals surface area (Å²) >= 11 is 12.2. The minimum atomic E-state index is 0.483. The molecule has 0 aliphatic carbocycles. The van der Waals surface area contributed by atoms with Crippen LogP contribution in [0.4, 0.5) is 11.6 Å². The van der Waals surface area contributed by atoms with Gasteiger partial charge in [-0.05, 0) is 24.3 Å². The van der Waals surface area contributed by atoms with Crippen molar-refractivity contribution in [1.82, 2.24) is 9.55 Å². The molecule has 0 unspecified atom stereocenters. The largest absolute Gasteiger partial charge is 0.324 e. The van der Waals surface area contributed by atoms with Crippen LogP contribution in [-0.4, -0.2) is 9.55 Å². The van der Waals surface area contributed by atoms with E-state index in [0.29, 0.717) is 16.0 Å². The summed E-state index contributed by atoms with van der Waals surface area (Å²) in [5.41, 5.74) is 1.74. The highest BCUT2D eigenvalue weighted by Crippen LogP contribution is 2.31. The molecule has 1 heterocycles. The SMILES string of the molecule is Clc1cccc(Nc2nccn2-c2ccccc2)c1Cl. The molecule has 3 aromatic rings. The first-order valence-electron chi connectivity index (χ1n) is 6.05. The Morgan fingerprint density at radius 3 is 2.55 bits per heavy atom. The van der Waals surface area contributed by atoms with Gasteiger partial charge in [0.25, 0.3) is 0 Å². The fourth-order valence-electron chi connectivity index (χ4n) is 1.91. The van der Waals surface area contributed by atoms with E-state index in [-0.39, 0.29) is 0 Å². The van der Waals surface area contributed by atoms with Gasteiger partial charge >= 0.3 is 0 Å². The van der Waals surface area contributed by atoms with Crippen molar-refractivity contribution in [1.29, 1.82) is 0 Å². The molecule has 1 aromatic heterocycles. The Balaban J connectivity index is 1.97. The van der Waals surface area contributed by atoms with Crippen LogP contribution >= 0.6 is 23.2 Å². The van der Waals surface area contributed by atoms with Gasteiger partial charge in [0.05, 0.1) is 15.7 Å². The Labute approximate surface area is 126 Å². The molecule has 0 aliphatic rings. The summed E-state index contributed by atoms with van der Waals surface area (Å²) in [7, 11) is 0. The van der Waals surface area contributed by atoms with Crippen molar-refractivity contribution in [3.8, 4) is 5.69 Å². The van der Waals surface area contributed by atoms with Crippen LogP contribution in [-0.2, 0) is 0 Å². The summed E-state index contributed by atoms with van der Waals surface area (Å²) in [6.45, 7) is 0. The number of imidazole rings is 1. The zero-order chi connectivity index (χ0) is 13.9. The van der Waals surface area contributed by atoms with Gasteiger partial charge in [-0.15, -0.1) is 0 Å². The molecular formula is C15H11Cl2N3. The highest BCUT2D eigenvalue weighted by atomic mass is 35.5. The molecule has 0 fully saturated rings. The van der Waals surface area contributed by atoms with Crippen molar-refractivity contribution >= 4 is 34.8 Å². The number of para-hydroxylation sites is 1. The molecule has 0 atom stereocenters. The van der Waals surface area contributed by atoms with E-state index in [0.717, 1.165) is 11.4 Å². The molecule has 5 heteroatoms. The zero-order valence-electron chi connectivity index (χ0n) is 10.4. The lowest BCUT2D eigenvalue weighted by Gasteiger charge is -2.11. The Morgan fingerprint density at radius 1 is 0.950 bits per heavy atom. The summed E-state index contributed by atoms with van der Waals surface area (Å²) in [5.74, 6) is 0.681. The van der Waals surface area contributed by atoms with Crippen LogP contribution in [0.3, 0.4) is 0 Å². The monoisotopic (exact) mass is 303 g/mol. The second kappa shape index (κ2) is 5.57. The van der Waals surface area contributed by atoms with Gasteiger partial charge in [-0.2, -0.15) is 0 Å². The van der Waals surface area contributed by atoms with Gasteiger partial charge in [-0.1, -0.05) is 47.5 Å². The van der Waals surface area contributed by atoms with Gasteiger partial charge in [0, 0.05) is 18.1 Å². The quantitative estimate of drug-likeness (QED) is 0.744. The van der Waals surface area contributed by atoms with Crippen LogP contribution < -0.4 is 5.32 Å². The molecule has 0 saturated heterocycles. The lowest BCUT2D eigenvalue weighted by Crippen LogP contribution is -2.01. The number of halogens is 2. The van der Waals surface area contributed by atoms with E-state index in [1.54, 1.807) is 12.3 Å². The van der Waals surface area contributed by atoms with E-state index in [1.165, 1.54) is 0 Å². The van der Waals surface area contributed by atoms with E-state index in [1.807, 2.05) is 53.2 Å². The first kappa shape index (κ1) is 13.0. The molecule has 0 radical (unpaired) electrons. The summed E-state index contributed by atoms with van der Waals surface area (Å²) in [6.07, 6.45) is 3.61. The van der Waals surface area contributed by atoms with E-state index in [9.17, 15) is 0 Å². The molecule has 1 N–H and O–H groups in total. The van der Waals surface area contributed by atoms with E-state index >= 15 is 0 Å².